The van der Waals surface area contributed by atoms with Gasteiger partial charge in [0.05, 0.1) is 18.5 Å². The molecule has 4 rings (SSSR count). The van der Waals surface area contributed by atoms with Crippen molar-refractivity contribution in [2.75, 3.05) is 6.61 Å². The highest BCUT2D eigenvalue weighted by Crippen LogP contribution is 2.35. The summed E-state index contributed by atoms with van der Waals surface area (Å²) in [7, 11) is 0. The van der Waals surface area contributed by atoms with Crippen LogP contribution in [0.3, 0.4) is 0 Å². The lowest BCUT2D eigenvalue weighted by Crippen LogP contribution is -2.27. The van der Waals surface area contributed by atoms with Crippen LogP contribution in [0.15, 0.2) is 21.9 Å². The second-order valence-electron chi connectivity index (χ2n) is 8.70. The summed E-state index contributed by atoms with van der Waals surface area (Å²) < 4.78 is 7.28. The molecular formula is C23H29N3O3S. The summed E-state index contributed by atoms with van der Waals surface area (Å²) in [5.41, 5.74) is 1.69. The standard InChI is InChI=1S/C23H29N3O3S/c1-5-20-25-22-21(16-7-6-14(4)8-19(16)30-22)23(28)26(20)11-15-9-17(27)18(10-24-15)29-12-13(2)3/h9-10,13-14H,5-8,11-12H2,1-4H3,(H,24,27). The predicted octanol–water partition coefficient (Wildman–Crippen LogP) is 3.92. The Bertz CT molecular complexity index is 1190. The number of ether oxygens (including phenoxy) is 1. The van der Waals surface area contributed by atoms with Gasteiger partial charge in [-0.15, -0.1) is 11.3 Å². The second-order valence-corrected chi connectivity index (χ2v) is 9.78. The molecule has 0 aliphatic heterocycles. The summed E-state index contributed by atoms with van der Waals surface area (Å²) in [4.78, 5) is 36.0. The number of aromatic amines is 1. The van der Waals surface area contributed by atoms with Crippen molar-refractivity contribution in [1.29, 1.82) is 0 Å². The normalized spacial score (nSPS) is 16.2. The van der Waals surface area contributed by atoms with E-state index >= 15 is 0 Å². The average molecular weight is 428 g/mol. The molecule has 0 fully saturated rings. The Balaban J connectivity index is 1.72. The molecular weight excluding hydrogens is 398 g/mol. The van der Waals surface area contributed by atoms with Crippen LogP contribution < -0.4 is 15.7 Å². The van der Waals surface area contributed by atoms with Gasteiger partial charge < -0.3 is 9.72 Å². The van der Waals surface area contributed by atoms with Crippen molar-refractivity contribution >= 4 is 21.6 Å². The lowest BCUT2D eigenvalue weighted by molar-refractivity contribution is 0.267. The van der Waals surface area contributed by atoms with Crippen molar-refractivity contribution in [1.82, 2.24) is 14.5 Å². The molecule has 0 saturated heterocycles. The summed E-state index contributed by atoms with van der Waals surface area (Å²) in [5, 5.41) is 0.776. The summed E-state index contributed by atoms with van der Waals surface area (Å²) in [6.45, 7) is 9.13. The molecule has 7 heteroatoms. The molecule has 0 amide bonds. The maximum absolute atomic E-state index is 13.5. The van der Waals surface area contributed by atoms with E-state index in [0.29, 0.717) is 42.9 Å². The van der Waals surface area contributed by atoms with Crippen LogP contribution in [0.1, 0.15) is 56.1 Å². The third kappa shape index (κ3) is 3.95. The van der Waals surface area contributed by atoms with E-state index in [0.717, 1.165) is 35.3 Å². The Labute approximate surface area is 179 Å². The van der Waals surface area contributed by atoms with Crippen molar-refractivity contribution in [3.63, 3.8) is 0 Å². The van der Waals surface area contributed by atoms with Gasteiger partial charge in [-0.1, -0.05) is 27.7 Å². The van der Waals surface area contributed by atoms with Crippen LogP contribution >= 0.6 is 11.3 Å². The van der Waals surface area contributed by atoms with Gasteiger partial charge in [-0.05, 0) is 36.7 Å². The second kappa shape index (κ2) is 8.38. The number of nitrogens with one attached hydrogen (secondary N) is 1. The van der Waals surface area contributed by atoms with E-state index in [9.17, 15) is 9.59 Å². The summed E-state index contributed by atoms with van der Waals surface area (Å²) in [6.07, 6.45) is 5.33. The predicted molar refractivity (Wildman–Crippen MR) is 121 cm³/mol. The first-order chi connectivity index (χ1) is 14.4. The third-order valence-electron chi connectivity index (χ3n) is 5.65. The van der Waals surface area contributed by atoms with E-state index in [1.165, 1.54) is 16.5 Å². The molecule has 1 aliphatic rings. The van der Waals surface area contributed by atoms with Crippen molar-refractivity contribution in [2.24, 2.45) is 11.8 Å². The molecule has 160 valence electrons. The largest absolute Gasteiger partial charge is 0.488 e. The van der Waals surface area contributed by atoms with Crippen molar-refractivity contribution in [2.45, 2.75) is 59.9 Å². The van der Waals surface area contributed by atoms with E-state index < -0.39 is 0 Å². The highest BCUT2D eigenvalue weighted by atomic mass is 32.1. The zero-order valence-corrected chi connectivity index (χ0v) is 18.9. The number of rotatable bonds is 6. The number of aryl methyl sites for hydroxylation is 2. The molecule has 0 radical (unpaired) electrons. The number of hydrogen-bond acceptors (Lipinski definition) is 5. The Hall–Kier alpha value is -2.41. The number of nitrogens with zero attached hydrogens (tertiary/aromatic N) is 2. The minimum atomic E-state index is -0.175. The molecule has 0 saturated carbocycles. The lowest BCUT2D eigenvalue weighted by Gasteiger charge is -2.17. The molecule has 30 heavy (non-hydrogen) atoms. The first-order valence-corrected chi connectivity index (χ1v) is 11.6. The van der Waals surface area contributed by atoms with E-state index in [1.807, 2.05) is 20.8 Å². The Morgan fingerprint density at radius 2 is 2.17 bits per heavy atom. The fraction of sp³-hybridized carbons (Fsp3) is 0.522. The molecule has 6 nitrogen and oxygen atoms in total. The maximum atomic E-state index is 13.5. The van der Waals surface area contributed by atoms with Crippen LogP contribution in [0.5, 0.6) is 5.75 Å². The molecule has 1 unspecified atom stereocenters. The van der Waals surface area contributed by atoms with E-state index in [2.05, 4.69) is 11.9 Å². The molecule has 3 heterocycles. The van der Waals surface area contributed by atoms with Crippen LogP contribution in [0, 0.1) is 11.8 Å². The number of hydrogen-bond donors (Lipinski definition) is 1. The average Bonchev–Trinajstić information content (AvgIpc) is 3.06. The highest BCUT2D eigenvalue weighted by molar-refractivity contribution is 7.18. The van der Waals surface area contributed by atoms with Gasteiger partial charge in [-0.3, -0.25) is 14.2 Å². The zero-order chi connectivity index (χ0) is 21.4. The van der Waals surface area contributed by atoms with Crippen LogP contribution in [-0.4, -0.2) is 21.1 Å². The third-order valence-corrected chi connectivity index (χ3v) is 6.80. The topological polar surface area (TPSA) is 77.0 Å². The summed E-state index contributed by atoms with van der Waals surface area (Å²) in [6, 6.07) is 1.52. The van der Waals surface area contributed by atoms with Crippen molar-refractivity contribution < 1.29 is 4.74 Å². The van der Waals surface area contributed by atoms with Gasteiger partial charge in [0.1, 0.15) is 10.7 Å². The van der Waals surface area contributed by atoms with Crippen LogP contribution in [0.2, 0.25) is 0 Å². The maximum Gasteiger partial charge on any atom is 0.262 e. The Kier molecular flexibility index (Phi) is 5.82. The van der Waals surface area contributed by atoms with E-state index in [4.69, 9.17) is 9.72 Å². The molecule has 3 aromatic heterocycles. The number of fused-ring (bicyclic) bond motifs is 3. The van der Waals surface area contributed by atoms with Crippen molar-refractivity contribution in [3.8, 4) is 5.75 Å². The first kappa shape index (κ1) is 20.8. The van der Waals surface area contributed by atoms with Gasteiger partial charge in [0.15, 0.2) is 5.75 Å². The van der Waals surface area contributed by atoms with Gasteiger partial charge in [0, 0.05) is 29.3 Å². The monoisotopic (exact) mass is 427 g/mol. The van der Waals surface area contributed by atoms with Crippen LogP contribution in [0.25, 0.3) is 10.2 Å². The van der Waals surface area contributed by atoms with Gasteiger partial charge in [0.25, 0.3) is 5.56 Å². The number of H-pyrrole nitrogens is 1. The summed E-state index contributed by atoms with van der Waals surface area (Å²) >= 11 is 1.68. The van der Waals surface area contributed by atoms with Gasteiger partial charge in [0.2, 0.25) is 5.43 Å². The zero-order valence-electron chi connectivity index (χ0n) is 18.1. The van der Waals surface area contributed by atoms with Gasteiger partial charge in [-0.2, -0.15) is 0 Å². The van der Waals surface area contributed by atoms with E-state index in [-0.39, 0.29) is 11.0 Å². The smallest absolute Gasteiger partial charge is 0.262 e. The van der Waals surface area contributed by atoms with Crippen LogP contribution in [-0.2, 0) is 25.8 Å². The fourth-order valence-corrected chi connectivity index (χ4v) is 5.42. The number of thiophene rings is 1. The molecule has 0 aromatic carbocycles. The van der Waals surface area contributed by atoms with Gasteiger partial charge >= 0.3 is 0 Å². The molecule has 0 spiro atoms. The Morgan fingerprint density at radius 3 is 2.87 bits per heavy atom. The lowest BCUT2D eigenvalue weighted by atomic mass is 9.89. The minimum Gasteiger partial charge on any atom is -0.488 e. The highest BCUT2D eigenvalue weighted by Gasteiger charge is 2.24. The van der Waals surface area contributed by atoms with Crippen molar-refractivity contribution in [3.05, 3.63) is 54.8 Å². The fourth-order valence-electron chi connectivity index (χ4n) is 4.03. The molecule has 3 aromatic rings. The van der Waals surface area contributed by atoms with E-state index in [1.54, 1.807) is 22.1 Å². The summed E-state index contributed by atoms with van der Waals surface area (Å²) in [5.74, 6) is 2.05. The number of pyridine rings is 1. The van der Waals surface area contributed by atoms with Gasteiger partial charge in [-0.25, -0.2) is 4.98 Å². The minimum absolute atomic E-state index is 0.00452. The first-order valence-electron chi connectivity index (χ1n) is 10.8. The molecule has 0 bridgehead atoms. The Morgan fingerprint density at radius 1 is 1.37 bits per heavy atom. The quantitative estimate of drug-likeness (QED) is 0.647. The molecule has 1 aliphatic carbocycles. The molecule has 1 atom stereocenters. The SMILES string of the molecule is CCc1nc2sc3c(c2c(=O)n1Cc1cc(=O)c(OCC(C)C)c[nH]1)CCC(C)C3. The van der Waals surface area contributed by atoms with Crippen LogP contribution in [0.4, 0.5) is 0 Å². The molecule has 1 N–H and O–H groups in total. The number of aromatic nitrogens is 3.